The van der Waals surface area contributed by atoms with E-state index in [9.17, 15) is 4.79 Å². The Labute approximate surface area is 208 Å². The minimum Gasteiger partial charge on any atom is -0.488 e. The molecule has 0 unspecified atom stereocenters. The van der Waals surface area contributed by atoms with Crippen LogP contribution in [0.15, 0.2) is 94.5 Å². The van der Waals surface area contributed by atoms with Gasteiger partial charge in [-0.2, -0.15) is 5.10 Å². The lowest BCUT2D eigenvalue weighted by Gasteiger charge is -2.18. The molecule has 0 heterocycles. The summed E-state index contributed by atoms with van der Waals surface area (Å²) in [5, 5.41) is 6.49. The molecule has 0 bridgehead atoms. The normalized spacial score (nSPS) is 11.6. The van der Waals surface area contributed by atoms with Crippen molar-refractivity contribution in [2.45, 2.75) is 32.8 Å². The fourth-order valence-corrected chi connectivity index (χ4v) is 4.15. The van der Waals surface area contributed by atoms with E-state index in [1.807, 2.05) is 60.7 Å². The second kappa shape index (κ2) is 10.2. The number of hydrogen-bond donors (Lipinski definition) is 1. The Morgan fingerprint density at radius 1 is 0.971 bits per heavy atom. The van der Waals surface area contributed by atoms with Crippen LogP contribution in [0.4, 0.5) is 0 Å². The van der Waals surface area contributed by atoms with Crippen molar-refractivity contribution in [1.82, 2.24) is 5.43 Å². The first-order chi connectivity index (χ1) is 16.3. The number of nitrogens with one attached hydrogen (secondary N) is 1. The summed E-state index contributed by atoms with van der Waals surface area (Å²) >= 11 is 3.58. The maximum Gasteiger partial charge on any atom is 0.271 e. The third-order valence-electron chi connectivity index (χ3n) is 5.61. The molecule has 4 nitrogen and oxygen atoms in total. The van der Waals surface area contributed by atoms with Crippen LogP contribution in [-0.4, -0.2) is 12.1 Å². The number of benzene rings is 4. The quantitative estimate of drug-likeness (QED) is 0.217. The van der Waals surface area contributed by atoms with E-state index in [0.717, 1.165) is 21.3 Å². The first-order valence-corrected chi connectivity index (χ1v) is 11.9. The van der Waals surface area contributed by atoms with Crippen molar-refractivity contribution >= 4 is 38.8 Å². The van der Waals surface area contributed by atoms with Crippen LogP contribution in [0.2, 0.25) is 0 Å². The van der Waals surface area contributed by atoms with Gasteiger partial charge in [0.2, 0.25) is 0 Å². The molecule has 0 aliphatic rings. The minimum absolute atomic E-state index is 0.0469. The molecule has 1 amide bonds. The van der Waals surface area contributed by atoms with Crippen molar-refractivity contribution < 1.29 is 9.53 Å². The number of fused-ring (bicyclic) bond motifs is 1. The van der Waals surface area contributed by atoms with Gasteiger partial charge in [-0.25, -0.2) is 5.43 Å². The molecular weight excluding hydrogens is 488 g/mol. The van der Waals surface area contributed by atoms with Gasteiger partial charge < -0.3 is 4.74 Å². The molecule has 0 aliphatic heterocycles. The van der Waals surface area contributed by atoms with Crippen LogP contribution in [0.3, 0.4) is 0 Å². The Morgan fingerprint density at radius 2 is 1.71 bits per heavy atom. The predicted molar refractivity (Wildman–Crippen MR) is 143 cm³/mol. The van der Waals surface area contributed by atoms with Gasteiger partial charge in [0, 0.05) is 5.56 Å². The van der Waals surface area contributed by atoms with Crippen LogP contribution in [0.5, 0.6) is 5.75 Å². The number of amides is 1. The van der Waals surface area contributed by atoms with Crippen LogP contribution in [0.25, 0.3) is 10.8 Å². The molecule has 5 heteroatoms. The molecule has 4 aromatic rings. The number of nitrogens with zero attached hydrogens (tertiary/aromatic N) is 1. The Balaban J connectivity index is 1.37. The molecule has 0 fully saturated rings. The zero-order valence-electron chi connectivity index (χ0n) is 19.5. The predicted octanol–water partition coefficient (Wildman–Crippen LogP) is 7.24. The van der Waals surface area contributed by atoms with Crippen LogP contribution in [-0.2, 0) is 12.0 Å². The van der Waals surface area contributed by atoms with Crippen molar-refractivity contribution in [1.29, 1.82) is 0 Å². The average Bonchev–Trinajstić information content (AvgIpc) is 2.83. The monoisotopic (exact) mass is 514 g/mol. The molecule has 0 radical (unpaired) electrons. The molecule has 0 spiro atoms. The van der Waals surface area contributed by atoms with Crippen molar-refractivity contribution in [3.8, 4) is 5.75 Å². The van der Waals surface area contributed by atoms with Crippen LogP contribution < -0.4 is 10.2 Å². The van der Waals surface area contributed by atoms with Gasteiger partial charge in [-0.05, 0) is 79.1 Å². The van der Waals surface area contributed by atoms with E-state index < -0.39 is 0 Å². The molecule has 0 aromatic heterocycles. The average molecular weight is 515 g/mol. The van der Waals surface area contributed by atoms with E-state index >= 15 is 0 Å². The van der Waals surface area contributed by atoms with E-state index in [1.54, 1.807) is 6.21 Å². The SMILES string of the molecule is CC(C)(C)c1ccc(C(=O)N/N=C\c2ccc(OCc3cccc4ccccc34)c(Br)c2)cc1. The first-order valence-electron chi connectivity index (χ1n) is 11.1. The highest BCUT2D eigenvalue weighted by Crippen LogP contribution is 2.28. The number of rotatable bonds is 6. The molecule has 0 aliphatic carbocycles. The molecule has 1 N–H and O–H groups in total. The van der Waals surface area contributed by atoms with Crippen LogP contribution in [0, 0.1) is 0 Å². The topological polar surface area (TPSA) is 50.7 Å². The lowest BCUT2D eigenvalue weighted by Crippen LogP contribution is -2.18. The Bertz CT molecular complexity index is 1330. The van der Waals surface area contributed by atoms with Gasteiger partial charge >= 0.3 is 0 Å². The molecular formula is C29H27BrN2O2. The standard InChI is InChI=1S/C29H27BrN2O2/c1-29(2,3)24-14-12-22(13-15-24)28(33)32-31-18-20-11-16-27(26(30)17-20)34-19-23-9-6-8-21-7-4-5-10-25(21)23/h4-18H,19H2,1-3H3,(H,32,33)/b31-18-. The largest absolute Gasteiger partial charge is 0.488 e. The molecule has 34 heavy (non-hydrogen) atoms. The third-order valence-corrected chi connectivity index (χ3v) is 6.23. The summed E-state index contributed by atoms with van der Waals surface area (Å²) in [5.74, 6) is 0.499. The Hall–Kier alpha value is -3.44. The number of halogens is 1. The smallest absolute Gasteiger partial charge is 0.271 e. The fraction of sp³-hybridized carbons (Fsp3) is 0.172. The van der Waals surface area contributed by atoms with Gasteiger partial charge in [0.05, 0.1) is 10.7 Å². The van der Waals surface area contributed by atoms with Crippen molar-refractivity contribution in [2.24, 2.45) is 5.10 Å². The molecule has 4 aromatic carbocycles. The second-order valence-electron chi connectivity index (χ2n) is 9.14. The summed E-state index contributed by atoms with van der Waals surface area (Å²) in [6, 6.07) is 27.8. The molecule has 0 saturated heterocycles. The van der Waals surface area contributed by atoms with E-state index in [-0.39, 0.29) is 11.3 Å². The summed E-state index contributed by atoms with van der Waals surface area (Å²) in [7, 11) is 0. The van der Waals surface area contributed by atoms with E-state index in [1.165, 1.54) is 16.3 Å². The van der Waals surface area contributed by atoms with E-state index in [2.05, 4.69) is 71.5 Å². The van der Waals surface area contributed by atoms with E-state index in [0.29, 0.717) is 12.2 Å². The second-order valence-corrected chi connectivity index (χ2v) is 10.00. The summed E-state index contributed by atoms with van der Waals surface area (Å²) < 4.78 is 6.88. The minimum atomic E-state index is -0.245. The number of carbonyl (C=O) groups excluding carboxylic acids is 1. The van der Waals surface area contributed by atoms with Gasteiger partial charge in [0.1, 0.15) is 12.4 Å². The molecule has 0 saturated carbocycles. The summed E-state index contributed by atoms with van der Waals surface area (Å²) in [6.45, 7) is 6.90. The van der Waals surface area contributed by atoms with Gasteiger partial charge in [-0.3, -0.25) is 4.79 Å². The number of hydrogen-bond acceptors (Lipinski definition) is 3. The van der Waals surface area contributed by atoms with Crippen LogP contribution in [0.1, 0.15) is 47.8 Å². The molecule has 172 valence electrons. The van der Waals surface area contributed by atoms with Crippen molar-refractivity contribution in [2.75, 3.05) is 0 Å². The summed E-state index contributed by atoms with van der Waals surface area (Å²) in [6.07, 6.45) is 1.61. The Morgan fingerprint density at radius 3 is 2.44 bits per heavy atom. The zero-order valence-corrected chi connectivity index (χ0v) is 21.1. The highest BCUT2D eigenvalue weighted by atomic mass is 79.9. The molecule has 4 rings (SSSR count). The zero-order chi connectivity index (χ0) is 24.1. The molecule has 0 atom stereocenters. The van der Waals surface area contributed by atoms with Gasteiger partial charge in [-0.1, -0.05) is 75.4 Å². The van der Waals surface area contributed by atoms with Gasteiger partial charge in [0.15, 0.2) is 0 Å². The van der Waals surface area contributed by atoms with E-state index in [4.69, 9.17) is 4.74 Å². The summed E-state index contributed by atoms with van der Waals surface area (Å²) in [4.78, 5) is 12.4. The van der Waals surface area contributed by atoms with Crippen molar-refractivity contribution in [3.05, 3.63) is 112 Å². The number of carbonyl (C=O) groups is 1. The van der Waals surface area contributed by atoms with Gasteiger partial charge in [0.25, 0.3) is 5.91 Å². The van der Waals surface area contributed by atoms with Crippen LogP contribution >= 0.6 is 15.9 Å². The number of hydrazone groups is 1. The first kappa shape index (κ1) is 23.7. The maximum atomic E-state index is 12.4. The highest BCUT2D eigenvalue weighted by Gasteiger charge is 2.14. The van der Waals surface area contributed by atoms with Gasteiger partial charge in [-0.15, -0.1) is 0 Å². The van der Waals surface area contributed by atoms with Crippen molar-refractivity contribution in [3.63, 3.8) is 0 Å². The summed E-state index contributed by atoms with van der Waals surface area (Å²) in [5.41, 5.74) is 6.36. The lowest BCUT2D eigenvalue weighted by molar-refractivity contribution is 0.0955. The highest BCUT2D eigenvalue weighted by molar-refractivity contribution is 9.10. The number of ether oxygens (including phenoxy) is 1. The Kier molecular flexibility index (Phi) is 7.13. The fourth-order valence-electron chi connectivity index (χ4n) is 3.64. The lowest BCUT2D eigenvalue weighted by atomic mass is 9.87. The maximum absolute atomic E-state index is 12.4. The third kappa shape index (κ3) is 5.72.